The van der Waals surface area contributed by atoms with Crippen molar-refractivity contribution in [3.05, 3.63) is 57.7 Å². The first-order valence-corrected chi connectivity index (χ1v) is 8.05. The number of aliphatic imine (C=N–C) groups is 1. The van der Waals surface area contributed by atoms with E-state index in [1.54, 1.807) is 4.90 Å². The van der Waals surface area contributed by atoms with Crippen LogP contribution in [0.3, 0.4) is 0 Å². The summed E-state index contributed by atoms with van der Waals surface area (Å²) in [6.07, 6.45) is 7.22. The van der Waals surface area contributed by atoms with E-state index in [0.717, 1.165) is 17.7 Å². The van der Waals surface area contributed by atoms with Gasteiger partial charge in [-0.1, -0.05) is 0 Å². The molecule has 0 bridgehead atoms. The number of Topliss-reactive ketones (excluding diaryl/α,β-unsaturated/α-hetero) is 1. The van der Waals surface area contributed by atoms with Crippen LogP contribution in [0.2, 0.25) is 0 Å². The molecular formula is C19H15N3O3. The van der Waals surface area contributed by atoms with E-state index in [9.17, 15) is 14.9 Å². The summed E-state index contributed by atoms with van der Waals surface area (Å²) >= 11 is 0. The topological polar surface area (TPSA) is 82.8 Å². The number of rotatable bonds is 1. The Morgan fingerprint density at radius 3 is 2.84 bits per heavy atom. The van der Waals surface area contributed by atoms with Gasteiger partial charge in [-0.05, 0) is 43.6 Å². The Bertz CT molecular complexity index is 964. The summed E-state index contributed by atoms with van der Waals surface area (Å²) in [5, 5.41) is 9.55. The molecule has 1 aliphatic carbocycles. The molecule has 1 saturated carbocycles. The van der Waals surface area contributed by atoms with E-state index in [0.29, 0.717) is 35.6 Å². The molecule has 0 aromatic heterocycles. The molecule has 0 radical (unpaired) electrons. The van der Waals surface area contributed by atoms with Crippen LogP contribution in [0.4, 0.5) is 0 Å². The first-order chi connectivity index (χ1) is 12.0. The fraction of sp³-hybridized carbons (Fsp3) is 0.263. The first kappa shape index (κ1) is 15.3. The first-order valence-electron chi connectivity index (χ1n) is 8.05. The van der Waals surface area contributed by atoms with Crippen LogP contribution < -0.4 is 0 Å². The fourth-order valence-electron chi connectivity index (χ4n) is 3.57. The lowest BCUT2D eigenvalue weighted by atomic mass is 9.85. The third-order valence-corrected chi connectivity index (χ3v) is 4.64. The molecule has 0 amide bonds. The number of hydrogen-bond donors (Lipinski definition) is 0. The van der Waals surface area contributed by atoms with Crippen molar-refractivity contribution in [1.29, 1.82) is 5.26 Å². The molecule has 4 rings (SSSR count). The molecule has 0 saturated heterocycles. The quantitative estimate of drug-likeness (QED) is 0.688. The Kier molecular flexibility index (Phi) is 3.32. The molecule has 0 aromatic rings. The number of ketones is 1. The van der Waals surface area contributed by atoms with Crippen molar-refractivity contribution < 1.29 is 14.3 Å². The summed E-state index contributed by atoms with van der Waals surface area (Å²) in [6, 6.07) is 2.11. The zero-order chi connectivity index (χ0) is 17.7. The average molecular weight is 333 g/mol. The Balaban J connectivity index is 2.04. The molecule has 6 nitrogen and oxygen atoms in total. The van der Waals surface area contributed by atoms with Crippen LogP contribution in [0.25, 0.3) is 0 Å². The second-order valence-electron chi connectivity index (χ2n) is 6.25. The van der Waals surface area contributed by atoms with Crippen LogP contribution in [-0.2, 0) is 14.3 Å². The molecule has 0 spiro atoms. The Morgan fingerprint density at radius 2 is 2.12 bits per heavy atom. The van der Waals surface area contributed by atoms with Crippen molar-refractivity contribution in [2.45, 2.75) is 26.2 Å². The molecular weight excluding hydrogens is 318 g/mol. The number of esters is 1. The Morgan fingerprint density at radius 1 is 1.32 bits per heavy atom. The predicted octanol–water partition coefficient (Wildman–Crippen LogP) is 2.44. The predicted molar refractivity (Wildman–Crippen MR) is 89.7 cm³/mol. The van der Waals surface area contributed by atoms with E-state index in [2.05, 4.69) is 11.1 Å². The number of methoxy groups -OCH3 is 1. The number of carbonyl (C=O) groups is 2. The molecule has 124 valence electrons. The molecule has 0 N–H and O–H groups in total. The van der Waals surface area contributed by atoms with Crippen molar-refractivity contribution in [1.82, 2.24) is 4.90 Å². The average Bonchev–Trinajstić information content (AvgIpc) is 2.61. The lowest BCUT2D eigenvalue weighted by Crippen LogP contribution is -2.37. The molecule has 1 fully saturated rings. The number of fused-ring (bicyclic) bond motifs is 1. The van der Waals surface area contributed by atoms with Crippen molar-refractivity contribution in [2.75, 3.05) is 7.11 Å². The van der Waals surface area contributed by atoms with Crippen molar-refractivity contribution >= 4 is 17.5 Å². The second-order valence-corrected chi connectivity index (χ2v) is 6.25. The van der Waals surface area contributed by atoms with Gasteiger partial charge in [0.15, 0.2) is 11.6 Å². The van der Waals surface area contributed by atoms with Crippen LogP contribution >= 0.6 is 0 Å². The zero-order valence-corrected chi connectivity index (χ0v) is 13.9. The third-order valence-electron chi connectivity index (χ3n) is 4.64. The molecule has 25 heavy (non-hydrogen) atoms. The summed E-state index contributed by atoms with van der Waals surface area (Å²) in [4.78, 5) is 31.1. The van der Waals surface area contributed by atoms with Gasteiger partial charge in [-0.2, -0.15) is 5.26 Å². The highest BCUT2D eigenvalue weighted by Crippen LogP contribution is 2.43. The van der Waals surface area contributed by atoms with Gasteiger partial charge in [0.2, 0.25) is 0 Å². The molecule has 0 atom stereocenters. The maximum atomic E-state index is 12.5. The summed E-state index contributed by atoms with van der Waals surface area (Å²) in [6.45, 7) is 1.91. The highest BCUT2D eigenvalue weighted by Gasteiger charge is 2.40. The fourth-order valence-corrected chi connectivity index (χ4v) is 3.57. The molecule has 3 aliphatic heterocycles. The lowest BCUT2D eigenvalue weighted by Gasteiger charge is -2.39. The highest BCUT2D eigenvalue weighted by atomic mass is 16.5. The molecule has 6 heteroatoms. The van der Waals surface area contributed by atoms with Gasteiger partial charge in [0, 0.05) is 6.42 Å². The number of allylic oxidation sites excluding steroid dienone is 6. The SMILES string of the molecule is COC(=O)C1=CC(C#N)=C2N=C3CCCC(=O)C3=C3C=C(C)C=C1N32. The smallest absolute Gasteiger partial charge is 0.340 e. The summed E-state index contributed by atoms with van der Waals surface area (Å²) < 4.78 is 4.87. The monoisotopic (exact) mass is 333 g/mol. The van der Waals surface area contributed by atoms with Crippen molar-refractivity contribution in [3.8, 4) is 6.07 Å². The molecule has 0 unspecified atom stereocenters. The Labute approximate surface area is 144 Å². The molecule has 0 aromatic carbocycles. The zero-order valence-electron chi connectivity index (χ0n) is 13.9. The van der Waals surface area contributed by atoms with Crippen LogP contribution in [-0.4, -0.2) is 29.5 Å². The van der Waals surface area contributed by atoms with E-state index in [1.165, 1.54) is 13.2 Å². The van der Waals surface area contributed by atoms with Gasteiger partial charge in [0.1, 0.15) is 6.07 Å². The van der Waals surface area contributed by atoms with E-state index in [1.807, 2.05) is 19.1 Å². The summed E-state index contributed by atoms with van der Waals surface area (Å²) in [5.41, 5.74) is 4.10. The van der Waals surface area contributed by atoms with Gasteiger partial charge in [-0.25, -0.2) is 9.79 Å². The maximum Gasteiger partial charge on any atom is 0.340 e. The van der Waals surface area contributed by atoms with Gasteiger partial charge in [-0.15, -0.1) is 0 Å². The standard InChI is InChI=1S/C19H15N3O3/c1-10-6-14-12(19(24)25-2)8-11(9-20)18-21-13-4-3-5-16(23)17(13)15(7-10)22(14)18/h6-8H,3-5H2,1-2H3. The van der Waals surface area contributed by atoms with Crippen LogP contribution in [0.15, 0.2) is 62.7 Å². The maximum absolute atomic E-state index is 12.5. The second kappa shape index (κ2) is 5.42. The van der Waals surface area contributed by atoms with Gasteiger partial charge < -0.3 is 4.74 Å². The number of hydrogen-bond acceptors (Lipinski definition) is 6. The number of ether oxygens (including phenoxy) is 1. The van der Waals surface area contributed by atoms with Crippen LogP contribution in [0, 0.1) is 11.3 Å². The highest BCUT2D eigenvalue weighted by molar-refractivity contribution is 6.25. The van der Waals surface area contributed by atoms with E-state index < -0.39 is 5.97 Å². The number of nitrogens with zero attached hydrogens (tertiary/aromatic N) is 3. The lowest BCUT2D eigenvalue weighted by molar-refractivity contribution is -0.136. The van der Waals surface area contributed by atoms with E-state index >= 15 is 0 Å². The van der Waals surface area contributed by atoms with Gasteiger partial charge in [0.05, 0.1) is 40.9 Å². The third kappa shape index (κ3) is 2.13. The van der Waals surface area contributed by atoms with Gasteiger partial charge in [-0.3, -0.25) is 9.69 Å². The minimum absolute atomic E-state index is 0.0528. The minimum Gasteiger partial charge on any atom is -0.465 e. The molecule has 4 aliphatic rings. The number of carbonyl (C=O) groups excluding carboxylic acids is 2. The van der Waals surface area contributed by atoms with Crippen LogP contribution in [0.1, 0.15) is 26.2 Å². The largest absolute Gasteiger partial charge is 0.465 e. The summed E-state index contributed by atoms with van der Waals surface area (Å²) in [7, 11) is 1.30. The normalized spacial score (nSPS) is 21.5. The van der Waals surface area contributed by atoms with Crippen molar-refractivity contribution in [2.24, 2.45) is 4.99 Å². The molecule has 3 heterocycles. The van der Waals surface area contributed by atoms with Gasteiger partial charge >= 0.3 is 5.97 Å². The van der Waals surface area contributed by atoms with Gasteiger partial charge in [0.25, 0.3) is 0 Å². The number of nitriles is 1. The van der Waals surface area contributed by atoms with Crippen LogP contribution in [0.5, 0.6) is 0 Å². The minimum atomic E-state index is -0.526. The summed E-state index contributed by atoms with van der Waals surface area (Å²) in [5.74, 6) is -0.00696. The Hall–Kier alpha value is -3.20. The van der Waals surface area contributed by atoms with Crippen molar-refractivity contribution in [3.63, 3.8) is 0 Å². The van der Waals surface area contributed by atoms with E-state index in [4.69, 9.17) is 4.74 Å². The van der Waals surface area contributed by atoms with E-state index in [-0.39, 0.29) is 16.9 Å².